The van der Waals surface area contributed by atoms with Crippen molar-refractivity contribution in [1.29, 1.82) is 0 Å². The lowest BCUT2D eigenvalue weighted by atomic mass is 10.1. The number of rotatable bonds is 3. The van der Waals surface area contributed by atoms with Crippen molar-refractivity contribution in [2.75, 3.05) is 5.75 Å². The highest BCUT2D eigenvalue weighted by atomic mass is 35.5. The Hall–Kier alpha value is -1.38. The molecule has 6 nitrogen and oxygen atoms in total. The monoisotopic (exact) mass is 354 g/mol. The molecule has 0 radical (unpaired) electrons. The summed E-state index contributed by atoms with van der Waals surface area (Å²) in [5.41, 5.74) is 0.888. The number of halogens is 1. The third-order valence-electron chi connectivity index (χ3n) is 3.46. The predicted octanol–water partition coefficient (Wildman–Crippen LogP) is 1.33. The summed E-state index contributed by atoms with van der Waals surface area (Å²) >= 11 is 7.18. The van der Waals surface area contributed by atoms with Gasteiger partial charge in [0.1, 0.15) is 18.0 Å². The Morgan fingerprint density at radius 1 is 1.00 bits per heavy atom. The van der Waals surface area contributed by atoms with Gasteiger partial charge in [0.05, 0.1) is 17.3 Å². The second kappa shape index (κ2) is 7.02. The summed E-state index contributed by atoms with van der Waals surface area (Å²) in [6, 6.07) is 3.52. The number of nitrogens with zero attached hydrogens (tertiary/aromatic N) is 2. The zero-order valence-electron chi connectivity index (χ0n) is 11.9. The molecule has 0 aliphatic carbocycles. The molecule has 3 rings (SSSR count). The van der Waals surface area contributed by atoms with Crippen molar-refractivity contribution in [1.82, 2.24) is 9.97 Å². The van der Waals surface area contributed by atoms with E-state index in [1.54, 1.807) is 30.7 Å². The quantitative estimate of drug-likeness (QED) is 0.765. The summed E-state index contributed by atoms with van der Waals surface area (Å²) in [5.74, 6) is 0.733. The summed E-state index contributed by atoms with van der Waals surface area (Å²) in [4.78, 5) is 8.15. The number of aromatic nitrogens is 2. The molecule has 1 aliphatic heterocycles. The van der Waals surface area contributed by atoms with Gasteiger partial charge in [0.25, 0.3) is 0 Å². The van der Waals surface area contributed by atoms with Crippen LogP contribution in [-0.4, -0.2) is 54.8 Å². The van der Waals surface area contributed by atoms with Crippen molar-refractivity contribution in [3.63, 3.8) is 0 Å². The molecule has 0 bridgehead atoms. The molecule has 0 amide bonds. The summed E-state index contributed by atoms with van der Waals surface area (Å²) in [5, 5.41) is 29.8. The highest BCUT2D eigenvalue weighted by Crippen LogP contribution is 2.30. The number of hydrogen-bond acceptors (Lipinski definition) is 7. The van der Waals surface area contributed by atoms with Crippen LogP contribution in [0.15, 0.2) is 36.9 Å². The first kappa shape index (κ1) is 16.5. The average Bonchev–Trinajstić information content (AvgIpc) is 2.56. The third-order valence-corrected chi connectivity index (χ3v) is 4.90. The molecule has 23 heavy (non-hydrogen) atoms. The number of pyridine rings is 2. The van der Waals surface area contributed by atoms with Gasteiger partial charge in [-0.2, -0.15) is 0 Å². The molecule has 2 aromatic rings. The summed E-state index contributed by atoms with van der Waals surface area (Å²) in [6.07, 6.45) is 3.01. The lowest BCUT2D eigenvalue weighted by Crippen LogP contribution is -2.50. The van der Waals surface area contributed by atoms with E-state index in [-0.39, 0.29) is 5.75 Å². The van der Waals surface area contributed by atoms with Crippen LogP contribution in [0.25, 0.3) is 11.1 Å². The van der Waals surface area contributed by atoms with Gasteiger partial charge in [0.15, 0.2) is 5.44 Å². The van der Waals surface area contributed by atoms with E-state index in [9.17, 15) is 15.3 Å². The molecule has 0 aromatic carbocycles. The van der Waals surface area contributed by atoms with E-state index in [2.05, 4.69) is 9.97 Å². The second-order valence-corrected chi connectivity index (χ2v) is 6.74. The maximum absolute atomic E-state index is 9.99. The van der Waals surface area contributed by atoms with E-state index in [1.807, 2.05) is 0 Å². The number of ether oxygens (including phenoxy) is 1. The first-order chi connectivity index (χ1) is 11.0. The van der Waals surface area contributed by atoms with Crippen LogP contribution >= 0.6 is 23.4 Å². The molecule has 3 N–H and O–H groups in total. The molecule has 4 atom stereocenters. The van der Waals surface area contributed by atoms with E-state index in [0.29, 0.717) is 10.8 Å². The van der Waals surface area contributed by atoms with Gasteiger partial charge in [-0.1, -0.05) is 11.6 Å². The minimum Gasteiger partial charge on any atom is -0.475 e. The van der Waals surface area contributed by atoms with Crippen LogP contribution in [0.5, 0.6) is 5.75 Å². The SMILES string of the molecule is O[C@@H]1[C@@H](O)[C@H](Oc2cncc(-c3cncc(Cl)c3)c2)SC[C@H]1O. The van der Waals surface area contributed by atoms with Gasteiger partial charge in [-0.05, 0) is 12.1 Å². The average molecular weight is 355 g/mol. The topological polar surface area (TPSA) is 95.7 Å². The molecule has 1 saturated heterocycles. The van der Waals surface area contributed by atoms with Crippen molar-refractivity contribution >= 4 is 23.4 Å². The van der Waals surface area contributed by atoms with Gasteiger partial charge >= 0.3 is 0 Å². The van der Waals surface area contributed by atoms with Gasteiger partial charge < -0.3 is 20.1 Å². The Balaban J connectivity index is 1.78. The third kappa shape index (κ3) is 3.76. The molecule has 1 aliphatic rings. The van der Waals surface area contributed by atoms with Crippen LogP contribution in [0.4, 0.5) is 0 Å². The largest absolute Gasteiger partial charge is 0.475 e. The number of aliphatic hydroxyl groups is 3. The lowest BCUT2D eigenvalue weighted by Gasteiger charge is -2.34. The standard InChI is InChI=1S/C15H15ClN2O4S/c16-10-1-8(3-17-5-10)9-2-11(6-18-4-9)22-15-14(21)13(20)12(19)7-23-15/h1-6,12-15,19-21H,7H2/t12-,13+,14-,15-/m1/s1. The van der Waals surface area contributed by atoms with Crippen LogP contribution in [-0.2, 0) is 0 Å². The minimum atomic E-state index is -1.23. The fraction of sp³-hybridized carbons (Fsp3) is 0.333. The Kier molecular flexibility index (Phi) is 5.03. The van der Waals surface area contributed by atoms with E-state index in [4.69, 9.17) is 16.3 Å². The molecule has 3 heterocycles. The summed E-state index contributed by atoms with van der Waals surface area (Å²) in [6.45, 7) is 0. The Bertz CT molecular complexity index is 690. The summed E-state index contributed by atoms with van der Waals surface area (Å²) in [7, 11) is 0. The van der Waals surface area contributed by atoms with Crippen LogP contribution in [0, 0.1) is 0 Å². The van der Waals surface area contributed by atoms with Gasteiger partial charge in [-0.3, -0.25) is 9.97 Å². The fourth-order valence-electron chi connectivity index (χ4n) is 2.23. The van der Waals surface area contributed by atoms with E-state index in [0.717, 1.165) is 11.1 Å². The first-order valence-electron chi connectivity index (χ1n) is 6.93. The minimum absolute atomic E-state index is 0.286. The zero-order valence-corrected chi connectivity index (χ0v) is 13.5. The Morgan fingerprint density at radius 2 is 1.70 bits per heavy atom. The lowest BCUT2D eigenvalue weighted by molar-refractivity contribution is -0.0786. The molecule has 2 aromatic heterocycles. The van der Waals surface area contributed by atoms with Gasteiger partial charge in [-0.25, -0.2) is 0 Å². The fourth-order valence-corrected chi connectivity index (χ4v) is 3.52. The number of hydrogen-bond donors (Lipinski definition) is 3. The Morgan fingerprint density at radius 3 is 2.43 bits per heavy atom. The summed E-state index contributed by atoms with van der Waals surface area (Å²) < 4.78 is 5.70. The van der Waals surface area contributed by atoms with Crippen molar-refractivity contribution in [3.8, 4) is 16.9 Å². The highest BCUT2D eigenvalue weighted by molar-refractivity contribution is 7.99. The molecule has 0 spiro atoms. The van der Waals surface area contributed by atoms with Crippen LogP contribution in [0.2, 0.25) is 5.02 Å². The van der Waals surface area contributed by atoms with Crippen molar-refractivity contribution in [2.45, 2.75) is 23.7 Å². The molecule has 122 valence electrons. The van der Waals surface area contributed by atoms with Crippen molar-refractivity contribution < 1.29 is 20.1 Å². The normalized spacial score (nSPS) is 27.7. The molecular weight excluding hydrogens is 340 g/mol. The molecule has 0 unspecified atom stereocenters. The van der Waals surface area contributed by atoms with Crippen LogP contribution in [0.1, 0.15) is 0 Å². The van der Waals surface area contributed by atoms with E-state index < -0.39 is 23.7 Å². The number of thioether (sulfide) groups is 1. The number of aliphatic hydroxyl groups excluding tert-OH is 3. The maximum atomic E-state index is 9.99. The highest BCUT2D eigenvalue weighted by Gasteiger charge is 2.38. The predicted molar refractivity (Wildman–Crippen MR) is 87.4 cm³/mol. The zero-order chi connectivity index (χ0) is 16.4. The van der Waals surface area contributed by atoms with Gasteiger partial charge in [-0.15, -0.1) is 11.8 Å². The van der Waals surface area contributed by atoms with E-state index in [1.165, 1.54) is 18.0 Å². The molecule has 8 heteroatoms. The van der Waals surface area contributed by atoms with E-state index >= 15 is 0 Å². The molecular formula is C15H15ClN2O4S. The smallest absolute Gasteiger partial charge is 0.173 e. The van der Waals surface area contributed by atoms with Crippen LogP contribution < -0.4 is 4.74 Å². The molecule has 1 fully saturated rings. The van der Waals surface area contributed by atoms with Crippen molar-refractivity contribution in [2.24, 2.45) is 0 Å². The van der Waals surface area contributed by atoms with Crippen LogP contribution in [0.3, 0.4) is 0 Å². The van der Waals surface area contributed by atoms with Gasteiger partial charge in [0, 0.05) is 35.5 Å². The van der Waals surface area contributed by atoms with Gasteiger partial charge in [0.2, 0.25) is 0 Å². The van der Waals surface area contributed by atoms with Crippen molar-refractivity contribution in [3.05, 3.63) is 41.9 Å². The molecule has 0 saturated carbocycles. The Labute approximate surface area is 142 Å². The second-order valence-electron chi connectivity index (χ2n) is 5.17. The maximum Gasteiger partial charge on any atom is 0.173 e. The first-order valence-corrected chi connectivity index (χ1v) is 8.35.